The van der Waals surface area contributed by atoms with Crippen molar-refractivity contribution in [3.63, 3.8) is 0 Å². The number of anilines is 2. The Morgan fingerprint density at radius 3 is 0.975 bits per heavy atom. The minimum atomic E-state index is -4.46. The predicted octanol–water partition coefficient (Wildman–Crippen LogP) is 2.56. The van der Waals surface area contributed by atoms with Gasteiger partial charge in [0, 0.05) is 11.4 Å². The van der Waals surface area contributed by atoms with E-state index >= 15 is 0 Å². The Kier molecular flexibility index (Phi) is 8.10. The molecule has 4 rings (SSSR count). The lowest BCUT2D eigenvalue weighted by atomic mass is 10.1. The number of hydrogen-bond acceptors (Lipinski definition) is 6. The van der Waals surface area contributed by atoms with Crippen LogP contribution in [0, 0.1) is 0 Å². The average Bonchev–Trinajstić information content (AvgIpc) is 2.88. The van der Waals surface area contributed by atoms with Gasteiger partial charge in [-0.25, -0.2) is 16.8 Å². The van der Waals surface area contributed by atoms with E-state index in [0.717, 1.165) is 24.3 Å². The fraction of sp³-hybridized carbons (Fsp3) is 0. The molecule has 0 atom stereocenters. The summed E-state index contributed by atoms with van der Waals surface area (Å²) in [5, 5.41) is -0.488. The van der Waals surface area contributed by atoms with Crippen LogP contribution in [-0.2, 0) is 29.2 Å². The van der Waals surface area contributed by atoms with Gasteiger partial charge in [-0.1, -0.05) is 24.3 Å². The van der Waals surface area contributed by atoms with Crippen molar-refractivity contribution in [3.05, 3.63) is 97.1 Å². The van der Waals surface area contributed by atoms with Gasteiger partial charge in [0.2, 0.25) is 0 Å². The van der Waals surface area contributed by atoms with Crippen LogP contribution >= 0.6 is 15.2 Å². The highest BCUT2D eigenvalue weighted by atomic mass is 32.2. The maximum Gasteiger partial charge on any atom is 0.356 e. The van der Waals surface area contributed by atoms with Crippen LogP contribution in [0.1, 0.15) is 0 Å². The highest BCUT2D eigenvalue weighted by molar-refractivity contribution is 7.93. The first-order chi connectivity index (χ1) is 18.5. The fourth-order valence-electron chi connectivity index (χ4n) is 3.53. The zero-order valence-electron chi connectivity index (χ0n) is 20.2. The second-order valence-electron chi connectivity index (χ2n) is 8.44. The molecule has 4 aromatic rings. The second-order valence-corrected chi connectivity index (χ2v) is 15.0. The van der Waals surface area contributed by atoms with Gasteiger partial charge in [-0.05, 0) is 83.9 Å². The van der Waals surface area contributed by atoms with E-state index in [9.17, 15) is 45.5 Å². The molecule has 0 saturated carbocycles. The molecule has 0 bridgehead atoms. The molecule has 12 nitrogen and oxygen atoms in total. The summed E-state index contributed by atoms with van der Waals surface area (Å²) < 4.78 is 78.1. The van der Waals surface area contributed by atoms with Gasteiger partial charge < -0.3 is 19.6 Å². The van der Waals surface area contributed by atoms with Crippen molar-refractivity contribution < 1.29 is 45.5 Å². The summed E-state index contributed by atoms with van der Waals surface area (Å²) in [7, 11) is -16.9. The Bertz CT molecular complexity index is 1690. The average molecular weight is 625 g/mol. The first-order valence-corrected chi connectivity index (χ1v) is 17.3. The van der Waals surface area contributed by atoms with Crippen LogP contribution in [0.4, 0.5) is 11.4 Å². The molecule has 0 aliphatic heterocycles. The summed E-state index contributed by atoms with van der Waals surface area (Å²) >= 11 is 0. The summed E-state index contributed by atoms with van der Waals surface area (Å²) in [5.74, 6) is 0. The van der Waals surface area contributed by atoms with Crippen molar-refractivity contribution >= 4 is 57.2 Å². The van der Waals surface area contributed by atoms with Crippen molar-refractivity contribution in [1.82, 2.24) is 0 Å². The van der Waals surface area contributed by atoms with Gasteiger partial charge in [0.05, 0.1) is 20.4 Å². The summed E-state index contributed by atoms with van der Waals surface area (Å²) in [6.45, 7) is 0. The Labute approximate surface area is 229 Å². The molecular formula is C24H22N2O10P2S2. The SMILES string of the molecule is O=P(O)(O)c1ccc(NS(=O)(=O)c2ccc(-c3ccc(S(=O)(=O)Nc4ccc(P(=O)(O)O)cc4)cc3)cc2)cc1. The topological polar surface area (TPSA) is 207 Å². The Balaban J connectivity index is 1.46. The van der Waals surface area contributed by atoms with E-state index in [2.05, 4.69) is 9.44 Å². The lowest BCUT2D eigenvalue weighted by Gasteiger charge is -2.11. The largest absolute Gasteiger partial charge is 0.356 e. The maximum absolute atomic E-state index is 12.7. The second kappa shape index (κ2) is 10.9. The number of sulfonamides is 2. The molecule has 0 spiro atoms. The minimum Gasteiger partial charge on any atom is -0.321 e. The highest BCUT2D eigenvalue weighted by Gasteiger charge is 2.20. The molecule has 0 saturated heterocycles. The van der Waals surface area contributed by atoms with Crippen LogP contribution in [0.2, 0.25) is 0 Å². The smallest absolute Gasteiger partial charge is 0.321 e. The van der Waals surface area contributed by atoms with Gasteiger partial charge in [0.25, 0.3) is 20.0 Å². The number of hydrogen-bond donors (Lipinski definition) is 6. The number of benzene rings is 4. The fourth-order valence-corrected chi connectivity index (χ4v) is 6.72. The van der Waals surface area contributed by atoms with Gasteiger partial charge in [-0.3, -0.25) is 18.6 Å². The molecular weight excluding hydrogens is 602 g/mol. The Morgan fingerprint density at radius 1 is 0.450 bits per heavy atom. The zero-order valence-corrected chi connectivity index (χ0v) is 23.6. The summed E-state index contributed by atoms with van der Waals surface area (Å²) in [4.78, 5) is 36.6. The molecule has 210 valence electrons. The molecule has 4 aromatic carbocycles. The molecule has 0 aliphatic carbocycles. The molecule has 0 radical (unpaired) electrons. The van der Waals surface area contributed by atoms with E-state index < -0.39 is 35.2 Å². The summed E-state index contributed by atoms with van der Waals surface area (Å²) in [5.41, 5.74) is 1.44. The number of rotatable bonds is 9. The van der Waals surface area contributed by atoms with Gasteiger partial charge in [0.15, 0.2) is 0 Å². The summed E-state index contributed by atoms with van der Waals surface area (Å²) in [6.07, 6.45) is 0. The van der Waals surface area contributed by atoms with E-state index in [1.54, 1.807) is 0 Å². The van der Waals surface area contributed by atoms with Crippen LogP contribution in [0.25, 0.3) is 11.1 Å². The first-order valence-electron chi connectivity index (χ1n) is 11.1. The first kappa shape index (κ1) is 29.7. The molecule has 0 heterocycles. The van der Waals surface area contributed by atoms with E-state index in [1.807, 2.05) is 0 Å². The van der Waals surface area contributed by atoms with Crippen LogP contribution in [0.15, 0.2) is 107 Å². The molecule has 0 aromatic heterocycles. The molecule has 6 N–H and O–H groups in total. The lowest BCUT2D eigenvalue weighted by molar-refractivity contribution is 0.385. The standard InChI is InChI=1S/C24H22N2O10P2S2/c27-37(28,29)21-9-5-19(6-10-21)25-39(33,34)23-13-1-17(2-14-23)18-3-15-24(16-4-18)40(35,36)26-20-7-11-22(12-8-20)38(30,31)32/h1-16,25-26H,(H2,27,28,29)(H2,30,31,32). The Morgan fingerprint density at radius 2 is 0.725 bits per heavy atom. The van der Waals surface area contributed by atoms with Gasteiger partial charge in [0.1, 0.15) is 0 Å². The quantitative estimate of drug-likeness (QED) is 0.150. The normalized spacial score (nSPS) is 12.6. The third-order valence-electron chi connectivity index (χ3n) is 5.57. The monoisotopic (exact) mass is 624 g/mol. The summed E-state index contributed by atoms with van der Waals surface area (Å²) in [6, 6.07) is 21.0. The van der Waals surface area contributed by atoms with E-state index in [-0.39, 0.29) is 31.8 Å². The zero-order chi connectivity index (χ0) is 29.3. The molecule has 16 heteroatoms. The lowest BCUT2D eigenvalue weighted by Crippen LogP contribution is -2.14. The van der Waals surface area contributed by atoms with Crippen molar-refractivity contribution in [2.45, 2.75) is 9.79 Å². The van der Waals surface area contributed by atoms with Crippen molar-refractivity contribution in [1.29, 1.82) is 0 Å². The van der Waals surface area contributed by atoms with E-state index in [4.69, 9.17) is 0 Å². The number of nitrogens with one attached hydrogen (secondary N) is 2. The van der Waals surface area contributed by atoms with Crippen LogP contribution < -0.4 is 20.1 Å². The van der Waals surface area contributed by atoms with E-state index in [1.165, 1.54) is 72.8 Å². The van der Waals surface area contributed by atoms with Crippen molar-refractivity contribution in [2.75, 3.05) is 9.44 Å². The van der Waals surface area contributed by atoms with Gasteiger partial charge >= 0.3 is 15.2 Å². The molecule has 0 unspecified atom stereocenters. The molecule has 0 aliphatic rings. The van der Waals surface area contributed by atoms with Crippen molar-refractivity contribution in [2.24, 2.45) is 0 Å². The minimum absolute atomic E-state index is 0.0662. The third-order valence-corrected chi connectivity index (χ3v) is 10.3. The Hall–Kier alpha value is -3.32. The van der Waals surface area contributed by atoms with Gasteiger partial charge in [-0.15, -0.1) is 0 Å². The van der Waals surface area contributed by atoms with Crippen LogP contribution in [0.3, 0.4) is 0 Å². The van der Waals surface area contributed by atoms with E-state index in [0.29, 0.717) is 11.1 Å². The third kappa shape index (κ3) is 7.05. The molecule has 40 heavy (non-hydrogen) atoms. The van der Waals surface area contributed by atoms with Crippen LogP contribution in [-0.4, -0.2) is 36.4 Å². The maximum atomic E-state index is 12.7. The van der Waals surface area contributed by atoms with Crippen molar-refractivity contribution in [3.8, 4) is 11.1 Å². The molecule has 0 fully saturated rings. The van der Waals surface area contributed by atoms with Crippen LogP contribution in [0.5, 0.6) is 0 Å². The highest BCUT2D eigenvalue weighted by Crippen LogP contribution is 2.34. The van der Waals surface area contributed by atoms with Gasteiger partial charge in [-0.2, -0.15) is 0 Å². The molecule has 0 amide bonds. The predicted molar refractivity (Wildman–Crippen MR) is 150 cm³/mol.